The van der Waals surface area contributed by atoms with Crippen molar-refractivity contribution in [3.63, 3.8) is 0 Å². The third kappa shape index (κ3) is 6.47. The van der Waals surface area contributed by atoms with E-state index in [1.165, 1.54) is 12.1 Å². The summed E-state index contributed by atoms with van der Waals surface area (Å²) in [5.74, 6) is -1.31. The number of nitrogens with zero attached hydrogens (tertiary/aromatic N) is 2. The summed E-state index contributed by atoms with van der Waals surface area (Å²) >= 11 is 0. The van der Waals surface area contributed by atoms with E-state index in [9.17, 15) is 14.0 Å². The van der Waals surface area contributed by atoms with Crippen molar-refractivity contribution >= 4 is 22.9 Å². The number of carboxylic acid groups (broad SMARTS) is 1. The second-order valence-electron chi connectivity index (χ2n) is 8.32. The van der Waals surface area contributed by atoms with E-state index in [0.717, 1.165) is 22.5 Å². The van der Waals surface area contributed by atoms with Crippen LogP contribution in [-0.4, -0.2) is 33.5 Å². The number of rotatable bonds is 10. The molecule has 0 bridgehead atoms. The highest BCUT2D eigenvalue weighted by Crippen LogP contribution is 2.25. The van der Waals surface area contributed by atoms with Gasteiger partial charge < -0.3 is 10.4 Å². The number of amides is 1. The van der Waals surface area contributed by atoms with Crippen LogP contribution in [0.25, 0.3) is 22.3 Å². The van der Waals surface area contributed by atoms with Gasteiger partial charge in [0.25, 0.3) is 5.91 Å². The van der Waals surface area contributed by atoms with Crippen molar-refractivity contribution in [3.8, 4) is 11.3 Å². The minimum Gasteiger partial charge on any atom is -0.481 e. The van der Waals surface area contributed by atoms with Gasteiger partial charge in [0.15, 0.2) is 0 Å². The molecule has 0 fully saturated rings. The number of hydrogen-bond acceptors (Lipinski definition) is 4. The first-order valence-electron chi connectivity index (χ1n) is 11.6. The third-order valence-electron chi connectivity index (χ3n) is 5.71. The minimum atomic E-state index is -0.812. The number of benzene rings is 3. The van der Waals surface area contributed by atoms with Crippen molar-refractivity contribution in [3.05, 3.63) is 95.4 Å². The van der Waals surface area contributed by atoms with Crippen molar-refractivity contribution in [2.45, 2.75) is 32.1 Å². The van der Waals surface area contributed by atoms with Crippen LogP contribution >= 0.6 is 0 Å². The number of unbranched alkanes of at least 4 members (excludes halogenated alkanes) is 1. The molecule has 7 heteroatoms. The Kier molecular flexibility index (Phi) is 7.77. The summed E-state index contributed by atoms with van der Waals surface area (Å²) in [6, 6.07) is 21.2. The summed E-state index contributed by atoms with van der Waals surface area (Å²) in [6.45, 7) is 0.427. The fraction of sp³-hybridized carbons (Fsp3) is 0.214. The fourth-order valence-corrected chi connectivity index (χ4v) is 3.88. The molecule has 0 atom stereocenters. The second-order valence-corrected chi connectivity index (χ2v) is 8.32. The first kappa shape index (κ1) is 24.0. The van der Waals surface area contributed by atoms with Crippen molar-refractivity contribution in [2.24, 2.45) is 0 Å². The number of carbonyl (C=O) groups excluding carboxylic acids is 1. The molecule has 4 aromatic rings. The van der Waals surface area contributed by atoms with Crippen molar-refractivity contribution < 1.29 is 19.1 Å². The fourth-order valence-electron chi connectivity index (χ4n) is 3.88. The molecule has 2 N–H and O–H groups in total. The second kappa shape index (κ2) is 11.3. The van der Waals surface area contributed by atoms with Crippen LogP contribution in [0, 0.1) is 5.82 Å². The molecular weight excluding hydrogens is 445 g/mol. The maximum Gasteiger partial charge on any atom is 0.303 e. The van der Waals surface area contributed by atoms with Crippen molar-refractivity contribution in [1.82, 2.24) is 15.3 Å². The molecule has 0 aliphatic heterocycles. The molecule has 4 rings (SSSR count). The van der Waals surface area contributed by atoms with Gasteiger partial charge in [0.2, 0.25) is 0 Å². The molecule has 0 radical (unpaired) electrons. The lowest BCUT2D eigenvalue weighted by molar-refractivity contribution is -0.137. The zero-order valence-electron chi connectivity index (χ0n) is 19.2. The van der Waals surface area contributed by atoms with Crippen LogP contribution in [0.3, 0.4) is 0 Å². The van der Waals surface area contributed by atoms with Crippen LogP contribution in [0.1, 0.15) is 40.9 Å². The minimum absolute atomic E-state index is 0.115. The first-order valence-corrected chi connectivity index (χ1v) is 11.6. The highest BCUT2D eigenvalue weighted by molar-refractivity contribution is 5.97. The molecule has 1 heterocycles. The van der Waals surface area contributed by atoms with E-state index in [1.54, 1.807) is 30.3 Å². The summed E-state index contributed by atoms with van der Waals surface area (Å²) in [6.07, 6.45) is 2.54. The molecule has 1 aromatic heterocycles. The Hall–Kier alpha value is -4.13. The number of carboxylic acids is 1. The number of nitrogens with one attached hydrogen (secondary N) is 1. The van der Waals surface area contributed by atoms with Crippen LogP contribution < -0.4 is 5.32 Å². The number of aryl methyl sites for hydroxylation is 1. The molecule has 0 spiro atoms. The Labute approximate surface area is 202 Å². The molecular formula is C28H26FN3O3. The molecule has 35 heavy (non-hydrogen) atoms. The predicted octanol–water partition coefficient (Wildman–Crippen LogP) is 5.21. The molecule has 6 nitrogen and oxygen atoms in total. The van der Waals surface area contributed by atoms with E-state index < -0.39 is 5.97 Å². The van der Waals surface area contributed by atoms with Gasteiger partial charge in [0.1, 0.15) is 5.82 Å². The molecule has 1 amide bonds. The average molecular weight is 472 g/mol. The average Bonchev–Trinajstić information content (AvgIpc) is 2.87. The standard InChI is InChI=1S/C28H26FN3O3/c29-22-13-10-19(11-14-22)16-17-30-28(35)21-12-15-23-25(18-21)31-24(8-4-5-9-26(33)34)27(32-23)20-6-2-1-3-7-20/h1-3,6-7,10-15,18H,4-5,8-9,16-17H2,(H,30,35)(H,33,34). The molecule has 0 aliphatic carbocycles. The van der Waals surface area contributed by atoms with Crippen LogP contribution in [-0.2, 0) is 17.6 Å². The Bertz CT molecular complexity index is 1320. The van der Waals surface area contributed by atoms with Crippen LogP contribution in [0.15, 0.2) is 72.8 Å². The lowest BCUT2D eigenvalue weighted by Gasteiger charge is -2.11. The Morgan fingerprint density at radius 3 is 2.37 bits per heavy atom. The van der Waals surface area contributed by atoms with Gasteiger partial charge in [0.05, 0.1) is 22.4 Å². The maximum absolute atomic E-state index is 13.1. The van der Waals surface area contributed by atoms with E-state index in [0.29, 0.717) is 48.8 Å². The summed E-state index contributed by atoms with van der Waals surface area (Å²) in [4.78, 5) is 33.2. The number of carbonyl (C=O) groups is 2. The Balaban J connectivity index is 1.52. The zero-order chi connectivity index (χ0) is 24.6. The van der Waals surface area contributed by atoms with Gasteiger partial charge >= 0.3 is 5.97 Å². The molecule has 0 unspecified atom stereocenters. The van der Waals surface area contributed by atoms with Gasteiger partial charge in [-0.15, -0.1) is 0 Å². The summed E-state index contributed by atoms with van der Waals surface area (Å²) < 4.78 is 13.1. The van der Waals surface area contributed by atoms with E-state index in [2.05, 4.69) is 5.32 Å². The van der Waals surface area contributed by atoms with Gasteiger partial charge in [-0.05, 0) is 61.6 Å². The predicted molar refractivity (Wildman–Crippen MR) is 133 cm³/mol. The summed E-state index contributed by atoms with van der Waals surface area (Å²) in [5, 5.41) is 11.8. The molecule has 3 aromatic carbocycles. The highest BCUT2D eigenvalue weighted by atomic mass is 19.1. The monoisotopic (exact) mass is 471 g/mol. The van der Waals surface area contributed by atoms with Crippen LogP contribution in [0.2, 0.25) is 0 Å². The maximum atomic E-state index is 13.1. The van der Waals surface area contributed by atoms with E-state index in [-0.39, 0.29) is 18.1 Å². The van der Waals surface area contributed by atoms with Crippen LogP contribution in [0.4, 0.5) is 4.39 Å². The van der Waals surface area contributed by atoms with Gasteiger partial charge in [-0.1, -0.05) is 42.5 Å². The SMILES string of the molecule is O=C(O)CCCCc1nc2cc(C(=O)NCCc3ccc(F)cc3)ccc2nc1-c1ccccc1. The smallest absolute Gasteiger partial charge is 0.303 e. The van der Waals surface area contributed by atoms with Crippen LogP contribution in [0.5, 0.6) is 0 Å². The third-order valence-corrected chi connectivity index (χ3v) is 5.71. The largest absolute Gasteiger partial charge is 0.481 e. The van der Waals surface area contributed by atoms with Gasteiger partial charge in [-0.25, -0.2) is 14.4 Å². The number of halogens is 1. The normalized spacial score (nSPS) is 10.9. The lowest BCUT2D eigenvalue weighted by atomic mass is 10.0. The molecule has 0 saturated carbocycles. The van der Waals surface area contributed by atoms with Gasteiger partial charge in [-0.2, -0.15) is 0 Å². The number of hydrogen-bond donors (Lipinski definition) is 2. The number of fused-ring (bicyclic) bond motifs is 1. The van der Waals surface area contributed by atoms with Gasteiger partial charge in [-0.3, -0.25) is 9.59 Å². The first-order chi connectivity index (χ1) is 17.0. The zero-order valence-corrected chi connectivity index (χ0v) is 19.2. The number of aromatic nitrogens is 2. The summed E-state index contributed by atoms with van der Waals surface area (Å²) in [5.41, 5.74) is 5.21. The van der Waals surface area contributed by atoms with Crippen molar-refractivity contribution in [2.75, 3.05) is 6.54 Å². The highest BCUT2D eigenvalue weighted by Gasteiger charge is 2.13. The molecule has 178 valence electrons. The lowest BCUT2D eigenvalue weighted by Crippen LogP contribution is -2.25. The van der Waals surface area contributed by atoms with E-state index in [1.807, 2.05) is 30.3 Å². The quantitative estimate of drug-likeness (QED) is 0.310. The van der Waals surface area contributed by atoms with Crippen molar-refractivity contribution in [1.29, 1.82) is 0 Å². The summed E-state index contributed by atoms with van der Waals surface area (Å²) in [7, 11) is 0. The Morgan fingerprint density at radius 2 is 1.63 bits per heavy atom. The number of aliphatic carboxylic acids is 1. The van der Waals surface area contributed by atoms with E-state index in [4.69, 9.17) is 15.1 Å². The Morgan fingerprint density at radius 1 is 0.857 bits per heavy atom. The van der Waals surface area contributed by atoms with Gasteiger partial charge in [0, 0.05) is 24.1 Å². The topological polar surface area (TPSA) is 92.2 Å². The van der Waals surface area contributed by atoms with E-state index >= 15 is 0 Å². The molecule has 0 saturated heterocycles. The molecule has 0 aliphatic rings.